The lowest BCUT2D eigenvalue weighted by Crippen LogP contribution is -2.28. The summed E-state index contributed by atoms with van der Waals surface area (Å²) in [6, 6.07) is 29.4. The van der Waals surface area contributed by atoms with Crippen molar-refractivity contribution in [3.8, 4) is 23.1 Å². The lowest BCUT2D eigenvalue weighted by Gasteiger charge is -2.31. The summed E-state index contributed by atoms with van der Waals surface area (Å²) in [5.41, 5.74) is 4.03. The van der Waals surface area contributed by atoms with Gasteiger partial charge in [-0.25, -0.2) is 4.98 Å². The first-order valence-electron chi connectivity index (χ1n) is 11.0. The topological polar surface area (TPSA) is 66.2 Å². The number of hydrogen-bond donors (Lipinski definition) is 0. The molecule has 4 aromatic rings. The van der Waals surface area contributed by atoms with E-state index in [4.69, 9.17) is 9.72 Å². The molecule has 1 aliphatic heterocycles. The van der Waals surface area contributed by atoms with E-state index in [0.29, 0.717) is 22.8 Å². The van der Waals surface area contributed by atoms with E-state index in [1.165, 1.54) is 11.8 Å². The van der Waals surface area contributed by atoms with Crippen molar-refractivity contribution in [3.05, 3.63) is 90.5 Å². The summed E-state index contributed by atoms with van der Waals surface area (Å²) in [6.45, 7) is 0. The van der Waals surface area contributed by atoms with Crippen LogP contribution in [0.15, 0.2) is 99.7 Å². The normalized spacial score (nSPS) is 11.8. The number of para-hydroxylation sites is 2. The summed E-state index contributed by atoms with van der Waals surface area (Å²) in [4.78, 5) is 22.1. The molecule has 0 spiro atoms. The fourth-order valence-corrected chi connectivity index (χ4v) is 5.84. The van der Waals surface area contributed by atoms with E-state index >= 15 is 0 Å². The van der Waals surface area contributed by atoms with Crippen molar-refractivity contribution in [3.63, 3.8) is 0 Å². The van der Waals surface area contributed by atoms with Crippen LogP contribution >= 0.6 is 23.5 Å². The van der Waals surface area contributed by atoms with Gasteiger partial charge in [0.1, 0.15) is 16.8 Å². The first-order chi connectivity index (χ1) is 17.2. The molecule has 0 fully saturated rings. The van der Waals surface area contributed by atoms with E-state index in [0.717, 1.165) is 38.2 Å². The number of aromatic nitrogens is 1. The number of carbonyl (C=O) groups is 1. The predicted octanol–water partition coefficient (Wildman–Crippen LogP) is 6.94. The molecule has 7 heteroatoms. The Morgan fingerprint density at radius 2 is 1.63 bits per heavy atom. The maximum absolute atomic E-state index is 13.4. The molecule has 0 saturated heterocycles. The molecule has 0 aliphatic carbocycles. The number of thioether (sulfide) groups is 1. The van der Waals surface area contributed by atoms with Gasteiger partial charge in [-0.2, -0.15) is 5.26 Å². The largest absolute Gasteiger partial charge is 0.497 e. The average molecular weight is 496 g/mol. The van der Waals surface area contributed by atoms with E-state index in [1.54, 1.807) is 24.9 Å². The Morgan fingerprint density at radius 3 is 2.26 bits per heavy atom. The van der Waals surface area contributed by atoms with Crippen molar-refractivity contribution >= 4 is 40.8 Å². The fraction of sp³-hybridized carbons (Fsp3) is 0.107. The molecule has 0 radical (unpaired) electrons. The van der Waals surface area contributed by atoms with Crippen molar-refractivity contribution in [2.75, 3.05) is 17.8 Å². The van der Waals surface area contributed by atoms with Crippen LogP contribution < -0.4 is 9.64 Å². The second kappa shape index (κ2) is 10.3. The number of nitriles is 1. The minimum absolute atomic E-state index is 0.0162. The molecule has 1 aliphatic rings. The molecule has 172 valence electrons. The molecule has 1 amide bonds. The van der Waals surface area contributed by atoms with E-state index in [-0.39, 0.29) is 5.91 Å². The molecule has 5 rings (SSSR count). The Kier molecular flexibility index (Phi) is 6.75. The third kappa shape index (κ3) is 4.76. The smallest absolute Gasteiger partial charge is 0.232 e. The first kappa shape index (κ1) is 23.0. The maximum Gasteiger partial charge on any atom is 0.232 e. The van der Waals surface area contributed by atoms with Crippen molar-refractivity contribution in [2.24, 2.45) is 0 Å². The third-order valence-corrected chi connectivity index (χ3v) is 7.73. The number of carbonyl (C=O) groups excluding carboxylic acids is 1. The molecule has 3 aromatic carbocycles. The van der Waals surface area contributed by atoms with Gasteiger partial charge in [-0.05, 0) is 60.7 Å². The Labute approximate surface area is 212 Å². The quantitative estimate of drug-likeness (QED) is 0.270. The Balaban J connectivity index is 1.34. The predicted molar refractivity (Wildman–Crippen MR) is 140 cm³/mol. The van der Waals surface area contributed by atoms with Gasteiger partial charge in [-0.15, -0.1) is 11.8 Å². The van der Waals surface area contributed by atoms with Crippen LogP contribution in [0.2, 0.25) is 0 Å². The monoisotopic (exact) mass is 495 g/mol. The van der Waals surface area contributed by atoms with Gasteiger partial charge in [0.15, 0.2) is 0 Å². The lowest BCUT2D eigenvalue weighted by molar-refractivity contribution is -0.117. The summed E-state index contributed by atoms with van der Waals surface area (Å²) in [7, 11) is 1.63. The lowest BCUT2D eigenvalue weighted by atomic mass is 10.1. The van der Waals surface area contributed by atoms with Crippen LogP contribution in [0.25, 0.3) is 11.3 Å². The SMILES string of the molecule is COc1ccc(-c2ccc(C#N)c(SCCC(=O)N3c4ccccc4Sc4ccccc43)n2)cc1. The summed E-state index contributed by atoms with van der Waals surface area (Å²) >= 11 is 3.11. The van der Waals surface area contributed by atoms with Crippen LogP contribution in [0.1, 0.15) is 12.0 Å². The van der Waals surface area contributed by atoms with Crippen LogP contribution in [0, 0.1) is 11.3 Å². The van der Waals surface area contributed by atoms with Gasteiger partial charge in [-0.3, -0.25) is 9.69 Å². The number of rotatable bonds is 6. The van der Waals surface area contributed by atoms with Crippen LogP contribution in [0.3, 0.4) is 0 Å². The fourth-order valence-electron chi connectivity index (χ4n) is 3.88. The van der Waals surface area contributed by atoms with Gasteiger partial charge in [-0.1, -0.05) is 36.0 Å². The molecule has 5 nitrogen and oxygen atoms in total. The highest BCUT2D eigenvalue weighted by Crippen LogP contribution is 2.48. The second-order valence-corrected chi connectivity index (χ2v) is 9.92. The zero-order valence-electron chi connectivity index (χ0n) is 19.0. The van der Waals surface area contributed by atoms with Gasteiger partial charge in [0.25, 0.3) is 0 Å². The van der Waals surface area contributed by atoms with E-state index in [1.807, 2.05) is 83.8 Å². The molecule has 0 N–H and O–H groups in total. The van der Waals surface area contributed by atoms with Crippen LogP contribution in [-0.4, -0.2) is 23.8 Å². The number of ether oxygens (including phenoxy) is 1. The number of pyridine rings is 1. The molecule has 0 saturated carbocycles. The van der Waals surface area contributed by atoms with Crippen LogP contribution in [0.5, 0.6) is 5.75 Å². The standard InChI is InChI=1S/C28H21N3O2S2/c1-33-21-13-10-19(11-14-21)22-15-12-20(18-29)28(30-22)34-17-16-27(32)31-23-6-2-4-8-25(23)35-26-9-5-3-7-24(26)31/h2-15H,16-17H2,1H3. The number of fused-ring (bicyclic) bond motifs is 2. The van der Waals surface area contributed by atoms with E-state index in [9.17, 15) is 10.1 Å². The summed E-state index contributed by atoms with van der Waals surface area (Å²) in [6.07, 6.45) is 0.317. The molecule has 35 heavy (non-hydrogen) atoms. The Bertz CT molecular complexity index is 1390. The molecule has 2 heterocycles. The zero-order valence-corrected chi connectivity index (χ0v) is 20.6. The van der Waals surface area contributed by atoms with Gasteiger partial charge < -0.3 is 4.74 Å². The third-order valence-electron chi connectivity index (χ3n) is 5.60. The highest BCUT2D eigenvalue weighted by molar-refractivity contribution is 7.99. The van der Waals surface area contributed by atoms with E-state index in [2.05, 4.69) is 6.07 Å². The number of hydrogen-bond acceptors (Lipinski definition) is 6. The number of nitrogens with zero attached hydrogens (tertiary/aromatic N) is 3. The number of methoxy groups -OCH3 is 1. The van der Waals surface area contributed by atoms with Crippen molar-refractivity contribution in [2.45, 2.75) is 21.2 Å². The Hall–Kier alpha value is -3.73. The second-order valence-electron chi connectivity index (χ2n) is 7.75. The summed E-state index contributed by atoms with van der Waals surface area (Å²) in [5.74, 6) is 1.30. The maximum atomic E-state index is 13.4. The number of benzene rings is 3. The van der Waals surface area contributed by atoms with Gasteiger partial charge in [0.2, 0.25) is 5.91 Å². The molecule has 0 atom stereocenters. The average Bonchev–Trinajstić information content (AvgIpc) is 2.91. The summed E-state index contributed by atoms with van der Waals surface area (Å²) < 4.78 is 5.23. The van der Waals surface area contributed by atoms with Gasteiger partial charge >= 0.3 is 0 Å². The van der Waals surface area contributed by atoms with E-state index < -0.39 is 0 Å². The first-order valence-corrected chi connectivity index (χ1v) is 12.9. The molecular formula is C28H21N3O2S2. The number of anilines is 2. The minimum atomic E-state index is 0.0162. The van der Waals surface area contributed by atoms with Gasteiger partial charge in [0, 0.05) is 27.5 Å². The van der Waals surface area contributed by atoms with Crippen LogP contribution in [-0.2, 0) is 4.79 Å². The van der Waals surface area contributed by atoms with Crippen molar-refractivity contribution in [1.82, 2.24) is 4.98 Å². The van der Waals surface area contributed by atoms with Gasteiger partial charge in [0.05, 0.1) is 29.7 Å². The summed E-state index contributed by atoms with van der Waals surface area (Å²) in [5, 5.41) is 10.2. The zero-order chi connectivity index (χ0) is 24.2. The Morgan fingerprint density at radius 1 is 0.971 bits per heavy atom. The molecule has 0 unspecified atom stereocenters. The van der Waals surface area contributed by atoms with Crippen molar-refractivity contribution in [1.29, 1.82) is 5.26 Å². The molecular weight excluding hydrogens is 474 g/mol. The molecule has 1 aromatic heterocycles. The highest BCUT2D eigenvalue weighted by Gasteiger charge is 2.27. The van der Waals surface area contributed by atoms with Crippen LogP contribution in [0.4, 0.5) is 11.4 Å². The molecule has 0 bridgehead atoms. The highest BCUT2D eigenvalue weighted by atomic mass is 32.2. The number of amides is 1. The van der Waals surface area contributed by atoms with Crippen molar-refractivity contribution < 1.29 is 9.53 Å². The minimum Gasteiger partial charge on any atom is -0.497 e.